The van der Waals surface area contributed by atoms with E-state index in [1.54, 1.807) is 0 Å². The maximum absolute atomic E-state index is 9.92. The van der Waals surface area contributed by atoms with E-state index in [-0.39, 0.29) is 11.8 Å². The number of benzene rings is 1. The summed E-state index contributed by atoms with van der Waals surface area (Å²) in [6.45, 7) is 9.32. The molecule has 1 aromatic heterocycles. The number of nitrogens with zero attached hydrogens (tertiary/aromatic N) is 3. The monoisotopic (exact) mass is 467 g/mol. The van der Waals surface area contributed by atoms with Crippen LogP contribution in [0.2, 0.25) is 0 Å². The number of ether oxygens (including phenoxy) is 4. The van der Waals surface area contributed by atoms with Crippen LogP contribution >= 0.6 is 0 Å². The fraction of sp³-hybridized carbons (Fsp3) is 0.520. The first-order valence-corrected chi connectivity index (χ1v) is 12.0. The minimum atomic E-state index is -0.388. The van der Waals surface area contributed by atoms with Crippen molar-refractivity contribution in [3.8, 4) is 23.4 Å². The van der Waals surface area contributed by atoms with Crippen LogP contribution < -0.4 is 19.9 Å². The van der Waals surface area contributed by atoms with Gasteiger partial charge >= 0.3 is 0 Å². The molecule has 2 aromatic rings. The molecule has 34 heavy (non-hydrogen) atoms. The molecule has 2 aliphatic rings. The highest BCUT2D eigenvalue weighted by atomic mass is 16.5. The number of aryl methyl sites for hydroxylation is 1. The Kier molecular flexibility index (Phi) is 7.93. The van der Waals surface area contributed by atoms with Gasteiger partial charge in [0.2, 0.25) is 11.8 Å². The maximum atomic E-state index is 9.92. The Morgan fingerprint density at radius 2 is 2.06 bits per heavy atom. The lowest BCUT2D eigenvalue weighted by Crippen LogP contribution is -2.38. The summed E-state index contributed by atoms with van der Waals surface area (Å²) < 4.78 is 23.1. The van der Waals surface area contributed by atoms with Gasteiger partial charge in [-0.2, -0.15) is 5.26 Å². The molecule has 1 atom stereocenters. The number of aromatic amines is 1. The van der Waals surface area contributed by atoms with E-state index in [0.29, 0.717) is 36.2 Å². The second-order valence-electron chi connectivity index (χ2n) is 8.39. The topological polar surface area (TPSA) is 119 Å². The van der Waals surface area contributed by atoms with Crippen molar-refractivity contribution in [2.75, 3.05) is 46.1 Å². The number of hydrogen-bond donors (Lipinski definition) is 2. The van der Waals surface area contributed by atoms with Gasteiger partial charge in [-0.3, -0.25) is 10.00 Å². The third kappa shape index (κ3) is 5.13. The smallest absolute Gasteiger partial charge is 0.244 e. The predicted molar refractivity (Wildman–Crippen MR) is 127 cm³/mol. The van der Waals surface area contributed by atoms with Crippen LogP contribution in [0.3, 0.4) is 0 Å². The van der Waals surface area contributed by atoms with Crippen molar-refractivity contribution in [3.63, 3.8) is 0 Å². The highest BCUT2D eigenvalue weighted by molar-refractivity contribution is 5.57. The summed E-state index contributed by atoms with van der Waals surface area (Å²) in [4.78, 5) is 2.32. The number of fused-ring (bicyclic) bond motifs is 1. The summed E-state index contributed by atoms with van der Waals surface area (Å²) >= 11 is 0. The molecular weight excluding hydrogens is 434 g/mol. The molecule has 0 radical (unpaired) electrons. The van der Waals surface area contributed by atoms with Gasteiger partial charge < -0.3 is 24.7 Å². The van der Waals surface area contributed by atoms with Crippen molar-refractivity contribution in [3.05, 3.63) is 46.5 Å². The largest absolute Gasteiger partial charge is 0.490 e. The zero-order valence-electron chi connectivity index (χ0n) is 19.9. The molecule has 182 valence electrons. The maximum Gasteiger partial charge on any atom is 0.244 e. The summed E-state index contributed by atoms with van der Waals surface area (Å²) in [6, 6.07) is 8.07. The van der Waals surface area contributed by atoms with E-state index in [1.165, 1.54) is 0 Å². The quantitative estimate of drug-likeness (QED) is 0.547. The van der Waals surface area contributed by atoms with Crippen molar-refractivity contribution in [2.24, 2.45) is 5.73 Å². The minimum absolute atomic E-state index is 0.0809. The Hall–Kier alpha value is -3.22. The number of allylic oxidation sites excluding steroid dienone is 1. The lowest BCUT2D eigenvalue weighted by atomic mass is 9.83. The average Bonchev–Trinajstić information content (AvgIpc) is 3.25. The van der Waals surface area contributed by atoms with Gasteiger partial charge in [-0.1, -0.05) is 19.4 Å². The van der Waals surface area contributed by atoms with Crippen molar-refractivity contribution in [1.29, 1.82) is 5.26 Å². The number of rotatable bonds is 10. The van der Waals surface area contributed by atoms with E-state index in [4.69, 9.17) is 24.7 Å². The fourth-order valence-corrected chi connectivity index (χ4v) is 4.39. The number of nitriles is 1. The van der Waals surface area contributed by atoms with E-state index < -0.39 is 0 Å². The summed E-state index contributed by atoms with van der Waals surface area (Å²) in [6.07, 6.45) is 2.87. The van der Waals surface area contributed by atoms with Crippen LogP contribution in [-0.4, -0.2) is 61.2 Å². The summed E-state index contributed by atoms with van der Waals surface area (Å²) in [5.74, 6) is 1.44. The molecule has 0 amide bonds. The first kappa shape index (κ1) is 23.9. The van der Waals surface area contributed by atoms with Crippen molar-refractivity contribution in [1.82, 2.24) is 15.1 Å². The van der Waals surface area contributed by atoms with E-state index >= 15 is 0 Å². The molecule has 0 bridgehead atoms. The van der Waals surface area contributed by atoms with Gasteiger partial charge in [0.05, 0.1) is 25.7 Å². The van der Waals surface area contributed by atoms with Crippen LogP contribution in [0.1, 0.15) is 49.4 Å². The predicted octanol–water partition coefficient (Wildman–Crippen LogP) is 3.08. The number of H-pyrrole nitrogens is 1. The number of morpholine rings is 1. The molecule has 4 rings (SSSR count). The van der Waals surface area contributed by atoms with Crippen molar-refractivity contribution < 1.29 is 18.9 Å². The highest BCUT2D eigenvalue weighted by Gasteiger charge is 2.35. The Bertz CT molecular complexity index is 1050. The zero-order valence-corrected chi connectivity index (χ0v) is 19.9. The number of aromatic nitrogens is 2. The van der Waals surface area contributed by atoms with E-state index in [1.807, 2.05) is 25.1 Å². The van der Waals surface area contributed by atoms with Crippen LogP contribution in [0, 0.1) is 11.3 Å². The van der Waals surface area contributed by atoms with Gasteiger partial charge in [0.25, 0.3) is 0 Å². The lowest BCUT2D eigenvalue weighted by molar-refractivity contribution is 0.0321. The van der Waals surface area contributed by atoms with Crippen molar-refractivity contribution >= 4 is 0 Å². The number of nitrogens with two attached hydrogens (primary N) is 1. The van der Waals surface area contributed by atoms with Crippen LogP contribution in [-0.2, 0) is 11.2 Å². The first-order chi connectivity index (χ1) is 16.7. The number of nitrogens with one attached hydrogen (secondary N) is 1. The normalized spacial score (nSPS) is 18.2. The van der Waals surface area contributed by atoms with Crippen LogP contribution in [0.4, 0.5) is 0 Å². The molecule has 1 fully saturated rings. The minimum Gasteiger partial charge on any atom is -0.490 e. The molecule has 9 heteroatoms. The average molecular weight is 468 g/mol. The van der Waals surface area contributed by atoms with Crippen LogP contribution in [0.15, 0.2) is 29.7 Å². The first-order valence-electron chi connectivity index (χ1n) is 12.0. The molecule has 1 aromatic carbocycles. The van der Waals surface area contributed by atoms with Gasteiger partial charge in [-0.15, -0.1) is 5.10 Å². The molecular formula is C25H33N5O4. The lowest BCUT2D eigenvalue weighted by Gasteiger charge is -2.27. The third-order valence-electron chi connectivity index (χ3n) is 6.17. The van der Waals surface area contributed by atoms with Gasteiger partial charge in [0.1, 0.15) is 18.2 Å². The van der Waals surface area contributed by atoms with Crippen LogP contribution in [0.5, 0.6) is 17.4 Å². The Morgan fingerprint density at radius 1 is 1.24 bits per heavy atom. The van der Waals surface area contributed by atoms with Gasteiger partial charge in [-0.25, -0.2) is 0 Å². The molecule has 0 aliphatic carbocycles. The zero-order chi connectivity index (χ0) is 23.9. The second kappa shape index (κ2) is 11.3. The van der Waals surface area contributed by atoms with E-state index in [0.717, 1.165) is 68.9 Å². The Labute approximate surface area is 200 Å². The second-order valence-corrected chi connectivity index (χ2v) is 8.39. The molecule has 2 aliphatic heterocycles. The molecule has 0 unspecified atom stereocenters. The third-order valence-corrected chi connectivity index (χ3v) is 6.17. The Morgan fingerprint density at radius 3 is 2.79 bits per heavy atom. The summed E-state index contributed by atoms with van der Waals surface area (Å²) in [7, 11) is 0. The summed E-state index contributed by atoms with van der Waals surface area (Å²) in [5, 5.41) is 17.3. The van der Waals surface area contributed by atoms with E-state index in [2.05, 4.69) is 28.1 Å². The molecule has 0 spiro atoms. The van der Waals surface area contributed by atoms with Gasteiger partial charge in [0, 0.05) is 30.9 Å². The number of unbranched alkanes of at least 4 members (excludes halogenated alkanes) is 1. The summed E-state index contributed by atoms with van der Waals surface area (Å²) in [5.41, 5.74) is 9.20. The SMILES string of the molecule is CCCCc1[nH]nc2c1[C@H](c1ccc(OCCN3CCOCC3)c(OCC)c1)C(C#N)=C(N)O2. The number of hydrogen-bond acceptors (Lipinski definition) is 8. The molecule has 0 saturated carbocycles. The molecule has 3 N–H and O–H groups in total. The standard InChI is InChI=1S/C25H33N5O4/c1-3-5-6-19-23-22(18(16-26)24(27)34-25(23)29-28-19)17-7-8-20(21(15-17)32-4-2)33-14-11-30-9-12-31-13-10-30/h7-8,15,22H,3-6,9-14,27H2,1-2H3,(H,28,29)/t22-/m1/s1. The Balaban J connectivity index is 1.61. The van der Waals surface area contributed by atoms with Crippen LogP contribution in [0.25, 0.3) is 0 Å². The molecule has 1 saturated heterocycles. The van der Waals surface area contributed by atoms with Gasteiger partial charge in [-0.05, 0) is 37.5 Å². The fourth-order valence-electron chi connectivity index (χ4n) is 4.39. The van der Waals surface area contributed by atoms with E-state index in [9.17, 15) is 5.26 Å². The molecule has 3 heterocycles. The highest BCUT2D eigenvalue weighted by Crippen LogP contribution is 2.45. The van der Waals surface area contributed by atoms with Gasteiger partial charge in [0.15, 0.2) is 11.5 Å². The molecule has 9 nitrogen and oxygen atoms in total. The van der Waals surface area contributed by atoms with Crippen molar-refractivity contribution in [2.45, 2.75) is 39.0 Å².